The van der Waals surface area contributed by atoms with E-state index in [0.717, 1.165) is 51.4 Å². The van der Waals surface area contributed by atoms with Gasteiger partial charge in [0.25, 0.3) is 0 Å². The SMILES string of the molecule is CCCCCC(CC)(CC)OC(=O)C1=C(C(=O)O)C2CC(C)C1C2. The first-order valence-corrected chi connectivity index (χ1v) is 9.59. The lowest BCUT2D eigenvalue weighted by Gasteiger charge is -2.33. The Morgan fingerprint density at radius 1 is 1.12 bits per heavy atom. The zero-order valence-corrected chi connectivity index (χ0v) is 15.6. The van der Waals surface area contributed by atoms with Gasteiger partial charge in [-0.2, -0.15) is 0 Å². The highest BCUT2D eigenvalue weighted by Gasteiger charge is 2.50. The molecule has 0 saturated heterocycles. The van der Waals surface area contributed by atoms with Crippen molar-refractivity contribution in [2.45, 2.75) is 84.7 Å². The molecule has 2 bridgehead atoms. The van der Waals surface area contributed by atoms with Gasteiger partial charge in [0.2, 0.25) is 0 Å². The maximum Gasteiger partial charge on any atom is 0.335 e. The van der Waals surface area contributed by atoms with Crippen molar-refractivity contribution < 1.29 is 19.4 Å². The van der Waals surface area contributed by atoms with Crippen molar-refractivity contribution >= 4 is 11.9 Å². The Hall–Kier alpha value is -1.32. The summed E-state index contributed by atoms with van der Waals surface area (Å²) in [6.45, 7) is 8.38. The topological polar surface area (TPSA) is 63.6 Å². The van der Waals surface area contributed by atoms with Crippen molar-refractivity contribution in [3.8, 4) is 0 Å². The molecule has 1 N–H and O–H groups in total. The molecule has 0 aliphatic heterocycles. The summed E-state index contributed by atoms with van der Waals surface area (Å²) in [6.07, 6.45) is 7.39. The van der Waals surface area contributed by atoms with Gasteiger partial charge in [0.15, 0.2) is 0 Å². The van der Waals surface area contributed by atoms with Crippen molar-refractivity contribution in [1.82, 2.24) is 0 Å². The minimum absolute atomic E-state index is 0.0304. The molecule has 0 radical (unpaired) electrons. The molecule has 2 aliphatic carbocycles. The third-order valence-electron chi connectivity index (χ3n) is 6.23. The third kappa shape index (κ3) is 3.52. The number of esters is 1. The molecule has 24 heavy (non-hydrogen) atoms. The van der Waals surface area contributed by atoms with Crippen LogP contribution in [0, 0.1) is 17.8 Å². The molecule has 0 aromatic carbocycles. The number of aliphatic carboxylic acids is 1. The molecular weight excluding hydrogens is 304 g/mol. The summed E-state index contributed by atoms with van der Waals surface area (Å²) in [5, 5.41) is 9.56. The molecule has 3 atom stereocenters. The van der Waals surface area contributed by atoms with Gasteiger partial charge < -0.3 is 9.84 Å². The fourth-order valence-corrected chi connectivity index (χ4v) is 4.60. The fraction of sp³-hybridized carbons (Fsp3) is 0.800. The van der Waals surface area contributed by atoms with Gasteiger partial charge in [-0.1, -0.05) is 40.5 Å². The molecule has 0 heterocycles. The lowest BCUT2D eigenvalue weighted by atomic mass is 9.84. The minimum Gasteiger partial charge on any atom is -0.478 e. The average Bonchev–Trinajstić information content (AvgIpc) is 3.10. The molecule has 4 heteroatoms. The van der Waals surface area contributed by atoms with Crippen LogP contribution in [0.15, 0.2) is 11.1 Å². The quantitative estimate of drug-likeness (QED) is 0.488. The molecule has 0 amide bonds. The second-order valence-electron chi connectivity index (χ2n) is 7.62. The number of carboxylic acids is 1. The number of fused-ring (bicyclic) bond motifs is 2. The van der Waals surface area contributed by atoms with Crippen LogP contribution in [0.2, 0.25) is 0 Å². The second-order valence-corrected chi connectivity index (χ2v) is 7.62. The highest BCUT2D eigenvalue weighted by molar-refractivity contribution is 6.02. The average molecular weight is 336 g/mol. The summed E-state index contributed by atoms with van der Waals surface area (Å²) in [4.78, 5) is 24.6. The minimum atomic E-state index is -0.939. The number of carboxylic acid groups (broad SMARTS) is 1. The van der Waals surface area contributed by atoms with Crippen molar-refractivity contribution in [2.75, 3.05) is 0 Å². The van der Waals surface area contributed by atoms with Gasteiger partial charge in [0, 0.05) is 0 Å². The number of hydrogen-bond acceptors (Lipinski definition) is 3. The molecule has 1 fully saturated rings. The molecule has 0 aromatic heterocycles. The third-order valence-corrected chi connectivity index (χ3v) is 6.23. The van der Waals surface area contributed by atoms with Crippen LogP contribution in [0.1, 0.15) is 79.1 Å². The summed E-state index contributed by atoms with van der Waals surface area (Å²) >= 11 is 0. The van der Waals surface area contributed by atoms with Crippen molar-refractivity contribution in [1.29, 1.82) is 0 Å². The van der Waals surface area contributed by atoms with Crippen LogP contribution in [-0.2, 0) is 14.3 Å². The summed E-state index contributed by atoms with van der Waals surface area (Å²) in [5.74, 6) is -0.838. The van der Waals surface area contributed by atoms with E-state index < -0.39 is 11.6 Å². The van der Waals surface area contributed by atoms with Crippen molar-refractivity contribution in [3.05, 3.63) is 11.1 Å². The summed E-state index contributed by atoms with van der Waals surface area (Å²) in [6, 6.07) is 0. The monoisotopic (exact) mass is 336 g/mol. The van der Waals surface area contributed by atoms with E-state index in [9.17, 15) is 14.7 Å². The first-order chi connectivity index (χ1) is 11.4. The number of carbonyl (C=O) groups is 2. The number of ether oxygens (including phenoxy) is 1. The van der Waals surface area contributed by atoms with Gasteiger partial charge in [-0.3, -0.25) is 0 Å². The Bertz CT molecular complexity index is 516. The van der Waals surface area contributed by atoms with E-state index in [1.807, 2.05) is 0 Å². The Morgan fingerprint density at radius 2 is 1.79 bits per heavy atom. The van der Waals surface area contributed by atoms with E-state index >= 15 is 0 Å². The lowest BCUT2D eigenvalue weighted by Crippen LogP contribution is -2.36. The number of rotatable bonds is 9. The Kier molecular flexibility index (Phi) is 6.11. The number of hydrogen-bond donors (Lipinski definition) is 1. The van der Waals surface area contributed by atoms with Crippen molar-refractivity contribution in [3.63, 3.8) is 0 Å². The van der Waals surface area contributed by atoms with E-state index in [4.69, 9.17) is 4.74 Å². The van der Waals surface area contributed by atoms with Crippen LogP contribution in [-0.4, -0.2) is 22.6 Å². The largest absolute Gasteiger partial charge is 0.478 e. The maximum absolute atomic E-state index is 12.9. The van der Waals surface area contributed by atoms with Crippen molar-refractivity contribution in [2.24, 2.45) is 17.8 Å². The Labute approximate surface area is 145 Å². The maximum atomic E-state index is 12.9. The number of unbranched alkanes of at least 4 members (excludes halogenated alkanes) is 2. The van der Waals surface area contributed by atoms with Gasteiger partial charge in [0.1, 0.15) is 5.60 Å². The predicted octanol–water partition coefficient (Wildman–Crippen LogP) is 4.73. The van der Waals surface area contributed by atoms with Gasteiger partial charge in [-0.05, 0) is 56.3 Å². The van der Waals surface area contributed by atoms with E-state index in [1.165, 1.54) is 0 Å². The summed E-state index contributed by atoms with van der Waals surface area (Å²) < 4.78 is 5.99. The molecule has 0 aromatic rings. The highest BCUT2D eigenvalue weighted by atomic mass is 16.6. The smallest absolute Gasteiger partial charge is 0.335 e. The van der Waals surface area contributed by atoms with Crippen LogP contribution in [0.4, 0.5) is 0 Å². The molecule has 2 aliphatic rings. The van der Waals surface area contributed by atoms with Crippen LogP contribution in [0.5, 0.6) is 0 Å². The highest BCUT2D eigenvalue weighted by Crippen LogP contribution is 2.52. The van der Waals surface area contributed by atoms with E-state index in [1.54, 1.807) is 0 Å². The Morgan fingerprint density at radius 3 is 2.33 bits per heavy atom. The standard InChI is InChI=1S/C20H32O4/c1-5-8-9-10-20(6-2,7-3)24-19(23)17-15-12-14(11-13(15)4)16(17)18(21)22/h13-15H,5-12H2,1-4H3,(H,21,22). The Balaban J connectivity index is 2.21. The zero-order chi connectivity index (χ0) is 17.9. The van der Waals surface area contributed by atoms with E-state index in [2.05, 4.69) is 27.7 Å². The molecular formula is C20H32O4. The zero-order valence-electron chi connectivity index (χ0n) is 15.6. The van der Waals surface area contributed by atoms with E-state index in [0.29, 0.717) is 17.1 Å². The van der Waals surface area contributed by atoms with Crippen LogP contribution in [0.3, 0.4) is 0 Å². The molecule has 2 rings (SSSR count). The summed E-state index contributed by atoms with van der Waals surface area (Å²) in [7, 11) is 0. The first-order valence-electron chi connectivity index (χ1n) is 9.59. The van der Waals surface area contributed by atoms with E-state index in [-0.39, 0.29) is 17.8 Å². The summed E-state index contributed by atoms with van der Waals surface area (Å²) in [5.41, 5.74) is 0.347. The van der Waals surface area contributed by atoms with Gasteiger partial charge >= 0.3 is 11.9 Å². The first kappa shape index (κ1) is 19.0. The predicted molar refractivity (Wildman–Crippen MR) is 93.6 cm³/mol. The van der Waals surface area contributed by atoms with Crippen LogP contribution < -0.4 is 0 Å². The molecule has 4 nitrogen and oxygen atoms in total. The molecule has 3 unspecified atom stereocenters. The molecule has 1 saturated carbocycles. The number of carbonyl (C=O) groups excluding carboxylic acids is 1. The van der Waals surface area contributed by atoms with Gasteiger partial charge in [-0.25, -0.2) is 9.59 Å². The van der Waals surface area contributed by atoms with Crippen LogP contribution >= 0.6 is 0 Å². The van der Waals surface area contributed by atoms with Crippen LogP contribution in [0.25, 0.3) is 0 Å². The van der Waals surface area contributed by atoms with Gasteiger partial charge in [-0.15, -0.1) is 0 Å². The molecule has 0 spiro atoms. The van der Waals surface area contributed by atoms with Gasteiger partial charge in [0.05, 0.1) is 11.1 Å². The second kappa shape index (κ2) is 7.71. The normalized spacial score (nSPS) is 26.1. The molecule has 136 valence electrons. The fourth-order valence-electron chi connectivity index (χ4n) is 4.60. The lowest BCUT2D eigenvalue weighted by molar-refractivity contribution is -0.158.